The molecule has 0 spiro atoms. The molecule has 0 saturated heterocycles. The Kier molecular flexibility index (Phi) is 5.71. The molecule has 0 aliphatic heterocycles. The van der Waals surface area contributed by atoms with Crippen molar-refractivity contribution >= 4 is 6.09 Å². The minimum Gasteiger partial charge on any atom is -0.452 e. The van der Waals surface area contributed by atoms with Gasteiger partial charge in [-0.1, -0.05) is 42.5 Å². The van der Waals surface area contributed by atoms with Crippen molar-refractivity contribution in [2.75, 3.05) is 7.11 Å². The molecule has 0 aliphatic carbocycles. The van der Waals surface area contributed by atoms with Gasteiger partial charge < -0.3 is 4.74 Å². The van der Waals surface area contributed by atoms with Crippen LogP contribution in [0.4, 0.5) is 4.79 Å². The number of benzene rings is 1. The third-order valence-electron chi connectivity index (χ3n) is 2.39. The first-order chi connectivity index (χ1) is 8.67. The second kappa shape index (κ2) is 7.33. The first-order valence-corrected chi connectivity index (χ1v) is 5.87. The lowest BCUT2D eigenvalue weighted by Crippen LogP contribution is -2.25. The van der Waals surface area contributed by atoms with Crippen LogP contribution in [0.1, 0.15) is 19.4 Å². The summed E-state index contributed by atoms with van der Waals surface area (Å²) in [6, 6.07) is 9.82. The molecule has 0 saturated carbocycles. The monoisotopic (exact) mass is 245 g/mol. The molecule has 0 bridgehead atoms. The van der Waals surface area contributed by atoms with Crippen LogP contribution in [0.3, 0.4) is 0 Å². The van der Waals surface area contributed by atoms with Gasteiger partial charge in [-0.25, -0.2) is 4.79 Å². The summed E-state index contributed by atoms with van der Waals surface area (Å²) in [4.78, 5) is 13.3. The molecule has 0 heterocycles. The van der Waals surface area contributed by atoms with Gasteiger partial charge in [0.05, 0.1) is 13.7 Å². The van der Waals surface area contributed by atoms with Gasteiger partial charge in [-0.05, 0) is 25.0 Å². The van der Waals surface area contributed by atoms with Crippen molar-refractivity contribution in [3.63, 3.8) is 0 Å². The summed E-state index contributed by atoms with van der Waals surface area (Å²) >= 11 is 0. The number of hydrogen-bond acceptors (Lipinski definition) is 2. The van der Waals surface area contributed by atoms with Crippen LogP contribution in [0.25, 0.3) is 0 Å². The number of rotatable bonds is 4. The normalized spacial score (nSPS) is 11.6. The molecular formula is C15H19NO2. The highest BCUT2D eigenvalue weighted by atomic mass is 16.5. The van der Waals surface area contributed by atoms with E-state index in [-0.39, 0.29) is 6.09 Å². The zero-order valence-electron chi connectivity index (χ0n) is 11.1. The third-order valence-corrected chi connectivity index (χ3v) is 2.39. The molecular weight excluding hydrogens is 226 g/mol. The standard InChI is InChI=1S/C15H19NO2/c1-4-8-13(2)11-16(15(17)18-3)12-14-9-6-5-7-10-14/h4-11H,12H2,1-3H3/b8-4+,13-11+. The summed E-state index contributed by atoms with van der Waals surface area (Å²) in [6.45, 7) is 4.39. The second-order valence-electron chi connectivity index (χ2n) is 3.96. The fourth-order valence-electron chi connectivity index (χ4n) is 1.61. The van der Waals surface area contributed by atoms with Gasteiger partial charge in [0.1, 0.15) is 0 Å². The zero-order valence-corrected chi connectivity index (χ0v) is 11.1. The molecule has 0 atom stereocenters. The van der Waals surface area contributed by atoms with E-state index in [0.29, 0.717) is 6.54 Å². The molecule has 0 fully saturated rings. The fraction of sp³-hybridized carbons (Fsp3) is 0.267. The Hall–Kier alpha value is -2.03. The second-order valence-corrected chi connectivity index (χ2v) is 3.96. The Morgan fingerprint density at radius 1 is 1.33 bits per heavy atom. The van der Waals surface area contributed by atoms with Crippen LogP contribution in [-0.2, 0) is 11.3 Å². The number of ether oxygens (including phenoxy) is 1. The van der Waals surface area contributed by atoms with Crippen molar-refractivity contribution < 1.29 is 9.53 Å². The molecule has 0 unspecified atom stereocenters. The average molecular weight is 245 g/mol. The highest BCUT2D eigenvalue weighted by Crippen LogP contribution is 2.09. The van der Waals surface area contributed by atoms with E-state index in [1.165, 1.54) is 7.11 Å². The summed E-state index contributed by atoms with van der Waals surface area (Å²) in [5.41, 5.74) is 2.06. The van der Waals surface area contributed by atoms with E-state index < -0.39 is 0 Å². The number of amides is 1. The number of allylic oxidation sites excluding steroid dienone is 3. The van der Waals surface area contributed by atoms with Crippen LogP contribution in [0.15, 0.2) is 54.3 Å². The minimum absolute atomic E-state index is 0.359. The van der Waals surface area contributed by atoms with Gasteiger partial charge in [0.15, 0.2) is 0 Å². The first kappa shape index (κ1) is 14.0. The number of nitrogens with zero attached hydrogens (tertiary/aromatic N) is 1. The van der Waals surface area contributed by atoms with Crippen molar-refractivity contribution in [3.8, 4) is 0 Å². The maximum atomic E-state index is 11.7. The predicted octanol–water partition coefficient (Wildman–Crippen LogP) is 3.73. The third kappa shape index (κ3) is 4.45. The molecule has 1 aromatic rings. The van der Waals surface area contributed by atoms with E-state index in [4.69, 9.17) is 4.74 Å². The van der Waals surface area contributed by atoms with Gasteiger partial charge in [0.2, 0.25) is 0 Å². The summed E-state index contributed by atoms with van der Waals surface area (Å²) in [7, 11) is 1.39. The highest BCUT2D eigenvalue weighted by molar-refractivity contribution is 5.69. The molecule has 18 heavy (non-hydrogen) atoms. The Bertz CT molecular complexity index is 435. The van der Waals surface area contributed by atoms with E-state index in [9.17, 15) is 4.79 Å². The van der Waals surface area contributed by atoms with Crippen LogP contribution in [0.2, 0.25) is 0 Å². The van der Waals surface area contributed by atoms with Crippen LogP contribution in [0.5, 0.6) is 0 Å². The lowest BCUT2D eigenvalue weighted by molar-refractivity contribution is 0.138. The maximum absolute atomic E-state index is 11.7. The average Bonchev–Trinajstić information content (AvgIpc) is 2.38. The first-order valence-electron chi connectivity index (χ1n) is 5.87. The lowest BCUT2D eigenvalue weighted by Gasteiger charge is -2.17. The smallest absolute Gasteiger partial charge is 0.413 e. The molecule has 1 rings (SSSR count). The van der Waals surface area contributed by atoms with E-state index in [1.54, 1.807) is 11.1 Å². The molecule has 3 nitrogen and oxygen atoms in total. The van der Waals surface area contributed by atoms with Gasteiger partial charge in [-0.3, -0.25) is 4.90 Å². The Morgan fingerprint density at radius 2 is 2.00 bits per heavy atom. The summed E-state index contributed by atoms with van der Waals surface area (Å²) < 4.78 is 4.78. The van der Waals surface area contributed by atoms with E-state index in [0.717, 1.165) is 11.1 Å². The molecule has 96 valence electrons. The maximum Gasteiger partial charge on any atom is 0.413 e. The van der Waals surface area contributed by atoms with Crippen molar-refractivity contribution in [1.82, 2.24) is 4.90 Å². The predicted molar refractivity (Wildman–Crippen MR) is 73.0 cm³/mol. The van der Waals surface area contributed by atoms with Gasteiger partial charge >= 0.3 is 6.09 Å². The molecule has 1 amide bonds. The van der Waals surface area contributed by atoms with Crippen molar-refractivity contribution in [2.24, 2.45) is 0 Å². The number of carbonyl (C=O) groups is 1. The SMILES string of the molecule is C/C=C/C(C)=C/N(Cc1ccccc1)C(=O)OC. The lowest BCUT2D eigenvalue weighted by atomic mass is 10.2. The highest BCUT2D eigenvalue weighted by Gasteiger charge is 2.11. The Morgan fingerprint density at radius 3 is 2.56 bits per heavy atom. The van der Waals surface area contributed by atoms with Crippen LogP contribution >= 0.6 is 0 Å². The summed E-state index contributed by atoms with van der Waals surface area (Å²) in [5.74, 6) is 0. The Labute approximate surface area is 108 Å². The molecule has 0 radical (unpaired) electrons. The number of carbonyl (C=O) groups excluding carboxylic acids is 1. The van der Waals surface area contributed by atoms with Gasteiger partial charge in [-0.2, -0.15) is 0 Å². The molecule has 1 aromatic carbocycles. The van der Waals surface area contributed by atoms with Crippen LogP contribution in [-0.4, -0.2) is 18.1 Å². The van der Waals surface area contributed by atoms with E-state index >= 15 is 0 Å². The molecule has 0 N–H and O–H groups in total. The minimum atomic E-state index is -0.359. The largest absolute Gasteiger partial charge is 0.452 e. The van der Waals surface area contributed by atoms with Crippen molar-refractivity contribution in [1.29, 1.82) is 0 Å². The topological polar surface area (TPSA) is 29.5 Å². The molecule has 3 heteroatoms. The molecule has 0 aliphatic rings. The molecule has 0 aromatic heterocycles. The van der Waals surface area contributed by atoms with Gasteiger partial charge in [0, 0.05) is 6.20 Å². The van der Waals surface area contributed by atoms with Crippen molar-refractivity contribution in [2.45, 2.75) is 20.4 Å². The van der Waals surface area contributed by atoms with E-state index in [2.05, 4.69) is 0 Å². The number of methoxy groups -OCH3 is 1. The van der Waals surface area contributed by atoms with Crippen molar-refractivity contribution in [3.05, 3.63) is 59.8 Å². The van der Waals surface area contributed by atoms with E-state index in [1.807, 2.05) is 56.3 Å². The van der Waals surface area contributed by atoms with Crippen LogP contribution < -0.4 is 0 Å². The number of hydrogen-bond donors (Lipinski definition) is 0. The summed E-state index contributed by atoms with van der Waals surface area (Å²) in [6.07, 6.45) is 5.31. The zero-order chi connectivity index (χ0) is 13.4. The summed E-state index contributed by atoms with van der Waals surface area (Å²) in [5, 5.41) is 0. The van der Waals surface area contributed by atoms with Gasteiger partial charge in [0.25, 0.3) is 0 Å². The van der Waals surface area contributed by atoms with Crippen LogP contribution in [0, 0.1) is 0 Å². The van der Waals surface area contributed by atoms with Gasteiger partial charge in [-0.15, -0.1) is 0 Å². The Balaban J connectivity index is 2.86. The fourth-order valence-corrected chi connectivity index (χ4v) is 1.61. The quantitative estimate of drug-likeness (QED) is 0.756.